The Labute approximate surface area is 247 Å². The maximum absolute atomic E-state index is 4.31. The number of nitrogens with zero attached hydrogens (tertiary/aromatic N) is 4. The van der Waals surface area contributed by atoms with Gasteiger partial charge in [-0.15, -0.1) is 0 Å². The number of anilines is 6. The van der Waals surface area contributed by atoms with E-state index in [1.807, 2.05) is 36.9 Å². The van der Waals surface area contributed by atoms with Gasteiger partial charge in [-0.1, -0.05) is 54.6 Å². The molecule has 0 N–H and O–H groups in total. The third-order valence-electron chi connectivity index (χ3n) is 7.23. The molecule has 0 aliphatic rings. The molecule has 41 heavy (non-hydrogen) atoms. The first-order valence-electron chi connectivity index (χ1n) is 13.4. The Morgan fingerprint density at radius 2 is 0.878 bits per heavy atom. The van der Waals surface area contributed by atoms with E-state index in [0.717, 1.165) is 60.1 Å². The van der Waals surface area contributed by atoms with Gasteiger partial charge in [0.2, 0.25) is 0 Å². The number of fused-ring (bicyclic) bond motifs is 2. The van der Waals surface area contributed by atoms with E-state index in [-0.39, 0.29) is 0 Å². The Bertz CT molecular complexity index is 1860. The Balaban J connectivity index is 1.45. The van der Waals surface area contributed by atoms with Crippen molar-refractivity contribution in [3.63, 3.8) is 0 Å². The van der Waals surface area contributed by atoms with Crippen LogP contribution in [0.4, 0.5) is 34.1 Å². The van der Waals surface area contributed by atoms with Gasteiger partial charge in [0, 0.05) is 58.3 Å². The lowest BCUT2D eigenvalue weighted by molar-refractivity contribution is 1.24. The van der Waals surface area contributed by atoms with Gasteiger partial charge in [-0.2, -0.15) is 0 Å². The van der Waals surface area contributed by atoms with Gasteiger partial charge in [0.15, 0.2) is 0 Å². The lowest BCUT2D eigenvalue weighted by Crippen LogP contribution is -2.14. The van der Waals surface area contributed by atoms with Gasteiger partial charge < -0.3 is 9.80 Å². The number of rotatable bonds is 6. The third kappa shape index (κ3) is 4.81. The van der Waals surface area contributed by atoms with Crippen LogP contribution in [0.5, 0.6) is 0 Å². The van der Waals surface area contributed by atoms with Crippen molar-refractivity contribution < 1.29 is 0 Å². The van der Waals surface area contributed by atoms with Gasteiger partial charge in [0.1, 0.15) is 0 Å². The number of halogens is 1. The Kier molecular flexibility index (Phi) is 6.63. The maximum atomic E-state index is 4.31. The van der Waals surface area contributed by atoms with Crippen LogP contribution in [0.2, 0.25) is 0 Å². The smallest absolute Gasteiger partial charge is 0.0656 e. The molecule has 0 aliphatic carbocycles. The summed E-state index contributed by atoms with van der Waals surface area (Å²) in [6.07, 6.45) is 7.49. The number of hydrogen-bond donors (Lipinski definition) is 0. The van der Waals surface area contributed by atoms with E-state index in [1.165, 1.54) is 0 Å². The molecule has 5 aromatic carbocycles. The van der Waals surface area contributed by atoms with Gasteiger partial charge in [0.05, 0.1) is 15.8 Å². The molecule has 4 nitrogen and oxygen atoms in total. The van der Waals surface area contributed by atoms with Crippen molar-refractivity contribution in [1.29, 1.82) is 0 Å². The highest BCUT2D eigenvalue weighted by Gasteiger charge is 2.22. The summed E-state index contributed by atoms with van der Waals surface area (Å²) < 4.78 is 0.984. The molecule has 5 heteroatoms. The molecule has 0 unspecified atom stereocenters. The molecule has 196 valence electrons. The van der Waals surface area contributed by atoms with E-state index in [2.05, 4.69) is 151 Å². The van der Waals surface area contributed by atoms with Crippen molar-refractivity contribution in [3.8, 4) is 0 Å². The van der Waals surface area contributed by atoms with Crippen molar-refractivity contribution in [3.05, 3.63) is 157 Å². The second-order valence-electron chi connectivity index (χ2n) is 9.77. The van der Waals surface area contributed by atoms with Crippen LogP contribution in [0.15, 0.2) is 157 Å². The standard InChI is InChI=1S/C36H25BrN4/c37-36-34(40(30-8-3-1-4-9-30)31-10-5-2-6-11-31)12-7-13-35(36)41(32-16-14-28-24-38-20-18-26(28)22-32)33-17-15-29-25-39-21-19-27(29)23-33/h1-25H. The largest absolute Gasteiger partial charge is 0.309 e. The average molecular weight is 594 g/mol. The topological polar surface area (TPSA) is 32.3 Å². The predicted octanol–water partition coefficient (Wildman–Crippen LogP) is 10.5. The van der Waals surface area contributed by atoms with Crippen LogP contribution in [0.25, 0.3) is 21.5 Å². The molecule has 0 bridgehead atoms. The molecular weight excluding hydrogens is 568 g/mol. The summed E-state index contributed by atoms with van der Waals surface area (Å²) in [4.78, 5) is 13.2. The number of pyridine rings is 2. The van der Waals surface area contributed by atoms with Crippen molar-refractivity contribution in [1.82, 2.24) is 9.97 Å². The highest BCUT2D eigenvalue weighted by molar-refractivity contribution is 9.10. The molecular formula is C36H25BrN4. The lowest BCUT2D eigenvalue weighted by Gasteiger charge is -2.31. The van der Waals surface area contributed by atoms with E-state index in [1.54, 1.807) is 0 Å². The quantitative estimate of drug-likeness (QED) is 0.192. The number of benzene rings is 5. The second kappa shape index (κ2) is 10.9. The van der Waals surface area contributed by atoms with Gasteiger partial charge in [-0.05, 0) is 99.5 Å². The average Bonchev–Trinajstić information content (AvgIpc) is 3.04. The molecule has 0 amide bonds. The van der Waals surface area contributed by atoms with Crippen LogP contribution < -0.4 is 9.80 Å². The Hall–Kier alpha value is -5.00. The molecule has 0 radical (unpaired) electrons. The van der Waals surface area contributed by atoms with E-state index in [0.29, 0.717) is 0 Å². The zero-order chi connectivity index (χ0) is 27.6. The minimum Gasteiger partial charge on any atom is -0.309 e. The molecule has 0 spiro atoms. The highest BCUT2D eigenvalue weighted by atomic mass is 79.9. The van der Waals surface area contributed by atoms with E-state index in [9.17, 15) is 0 Å². The summed E-state index contributed by atoms with van der Waals surface area (Å²) >= 11 is 4.07. The maximum Gasteiger partial charge on any atom is 0.0656 e. The third-order valence-corrected chi connectivity index (χ3v) is 8.05. The minimum atomic E-state index is 0.984. The minimum absolute atomic E-state index is 0.984. The van der Waals surface area contributed by atoms with Crippen LogP contribution in [0.1, 0.15) is 0 Å². The van der Waals surface area contributed by atoms with Crippen molar-refractivity contribution in [2.45, 2.75) is 0 Å². The van der Waals surface area contributed by atoms with E-state index >= 15 is 0 Å². The monoisotopic (exact) mass is 592 g/mol. The fourth-order valence-electron chi connectivity index (χ4n) is 5.28. The van der Waals surface area contributed by atoms with E-state index in [4.69, 9.17) is 0 Å². The summed E-state index contributed by atoms with van der Waals surface area (Å²) in [5, 5.41) is 4.48. The van der Waals surface area contributed by atoms with Crippen molar-refractivity contribution in [2.75, 3.05) is 9.80 Å². The predicted molar refractivity (Wildman–Crippen MR) is 174 cm³/mol. The number of hydrogen-bond acceptors (Lipinski definition) is 4. The van der Waals surface area contributed by atoms with Crippen LogP contribution in [0.3, 0.4) is 0 Å². The summed E-state index contributed by atoms with van der Waals surface area (Å²) in [7, 11) is 0. The SMILES string of the molecule is Brc1c(N(c2ccccc2)c2ccccc2)cccc1N(c1ccc2cnccc2c1)c1ccc2cnccc2c1. The molecule has 0 saturated carbocycles. The molecule has 7 aromatic rings. The van der Waals surface area contributed by atoms with Gasteiger partial charge in [-0.3, -0.25) is 9.97 Å². The first-order chi connectivity index (χ1) is 20.3. The number of para-hydroxylation sites is 2. The van der Waals surface area contributed by atoms with Gasteiger partial charge in [0.25, 0.3) is 0 Å². The normalized spacial score (nSPS) is 11.0. The zero-order valence-electron chi connectivity index (χ0n) is 22.1. The second-order valence-corrected chi connectivity index (χ2v) is 10.6. The number of aromatic nitrogens is 2. The molecule has 0 atom stereocenters. The fraction of sp³-hybridized carbons (Fsp3) is 0. The Morgan fingerprint density at radius 3 is 1.37 bits per heavy atom. The first kappa shape index (κ1) is 25.0. The highest BCUT2D eigenvalue weighted by Crippen LogP contribution is 2.47. The Morgan fingerprint density at radius 1 is 0.415 bits per heavy atom. The summed E-state index contributed by atoms with van der Waals surface area (Å²) in [5.74, 6) is 0. The summed E-state index contributed by atoms with van der Waals surface area (Å²) in [6.45, 7) is 0. The molecule has 0 fully saturated rings. The first-order valence-corrected chi connectivity index (χ1v) is 14.2. The lowest BCUT2D eigenvalue weighted by atomic mass is 10.1. The van der Waals surface area contributed by atoms with Crippen LogP contribution in [-0.2, 0) is 0 Å². The molecule has 7 rings (SSSR count). The molecule has 0 saturated heterocycles. The molecule has 0 aliphatic heterocycles. The molecule has 2 aromatic heterocycles. The van der Waals surface area contributed by atoms with E-state index < -0.39 is 0 Å². The van der Waals surface area contributed by atoms with Crippen LogP contribution >= 0.6 is 15.9 Å². The molecule has 2 heterocycles. The van der Waals surface area contributed by atoms with Gasteiger partial charge in [-0.25, -0.2) is 0 Å². The van der Waals surface area contributed by atoms with Crippen molar-refractivity contribution in [2.24, 2.45) is 0 Å². The van der Waals surface area contributed by atoms with Crippen LogP contribution in [0, 0.1) is 0 Å². The summed E-state index contributed by atoms with van der Waals surface area (Å²) in [5.41, 5.74) is 6.35. The zero-order valence-corrected chi connectivity index (χ0v) is 23.7. The van der Waals surface area contributed by atoms with Gasteiger partial charge >= 0.3 is 0 Å². The van der Waals surface area contributed by atoms with Crippen LogP contribution in [-0.4, -0.2) is 9.97 Å². The fourth-order valence-corrected chi connectivity index (χ4v) is 5.90. The summed E-state index contributed by atoms with van der Waals surface area (Å²) in [6, 6.07) is 44.5. The van der Waals surface area contributed by atoms with Crippen molar-refractivity contribution >= 4 is 71.6 Å².